The molecule has 1 aromatic carbocycles. The zero-order valence-electron chi connectivity index (χ0n) is 13.5. The smallest absolute Gasteiger partial charge is 0.328 e. The highest BCUT2D eigenvalue weighted by Gasteiger charge is 2.24. The van der Waals surface area contributed by atoms with Crippen molar-refractivity contribution in [2.45, 2.75) is 26.8 Å². The van der Waals surface area contributed by atoms with Crippen molar-refractivity contribution >= 4 is 23.9 Å². The minimum atomic E-state index is -0.690. The zero-order chi connectivity index (χ0) is 17.4. The zero-order valence-corrected chi connectivity index (χ0v) is 13.5. The number of primary amides is 1. The summed E-state index contributed by atoms with van der Waals surface area (Å²) < 4.78 is 4.94. The van der Waals surface area contributed by atoms with Crippen LogP contribution in [0.4, 0.5) is 0 Å². The highest BCUT2D eigenvalue weighted by molar-refractivity contribution is 5.95. The fourth-order valence-electron chi connectivity index (χ4n) is 1.86. The van der Waals surface area contributed by atoms with Crippen LogP contribution in [0.3, 0.4) is 0 Å². The molecular weight excluding hydrogens is 296 g/mol. The number of carbonyl (C=O) groups is 3. The standard InChI is InChI=1S/C17H22N2O4/c1-4-23-17(22)15(11(2)3)19-14(20)10-7-12-5-8-13(9-6-12)16(18)21/h5-11,15H,4H2,1-3H3,(H2,18,21)(H,19,20)/b10-7-/t15-/m0/s1. The summed E-state index contributed by atoms with van der Waals surface area (Å²) in [6.45, 7) is 5.63. The minimum absolute atomic E-state index is 0.0822. The van der Waals surface area contributed by atoms with Crippen LogP contribution in [-0.2, 0) is 14.3 Å². The van der Waals surface area contributed by atoms with E-state index in [9.17, 15) is 14.4 Å². The quantitative estimate of drug-likeness (QED) is 0.588. The summed E-state index contributed by atoms with van der Waals surface area (Å²) in [6.07, 6.45) is 2.91. The molecule has 6 nitrogen and oxygen atoms in total. The summed E-state index contributed by atoms with van der Waals surface area (Å²) in [4.78, 5) is 34.7. The van der Waals surface area contributed by atoms with Crippen LogP contribution in [0.2, 0.25) is 0 Å². The number of esters is 1. The van der Waals surface area contributed by atoms with Crippen LogP contribution < -0.4 is 11.1 Å². The Labute approximate surface area is 135 Å². The number of benzene rings is 1. The van der Waals surface area contributed by atoms with E-state index in [0.717, 1.165) is 5.56 Å². The van der Waals surface area contributed by atoms with Gasteiger partial charge in [0.05, 0.1) is 6.61 Å². The lowest BCUT2D eigenvalue weighted by molar-refractivity contribution is -0.148. The highest BCUT2D eigenvalue weighted by Crippen LogP contribution is 2.07. The molecule has 0 unspecified atom stereocenters. The van der Waals surface area contributed by atoms with Gasteiger partial charge in [0, 0.05) is 11.6 Å². The number of amides is 2. The van der Waals surface area contributed by atoms with E-state index in [1.165, 1.54) is 6.08 Å². The average Bonchev–Trinajstić information content (AvgIpc) is 2.50. The lowest BCUT2D eigenvalue weighted by Crippen LogP contribution is -2.44. The van der Waals surface area contributed by atoms with Crippen LogP contribution in [0.25, 0.3) is 6.08 Å². The largest absolute Gasteiger partial charge is 0.464 e. The van der Waals surface area contributed by atoms with Gasteiger partial charge in [0.25, 0.3) is 0 Å². The topological polar surface area (TPSA) is 98.5 Å². The van der Waals surface area contributed by atoms with Crippen molar-refractivity contribution in [3.8, 4) is 0 Å². The molecule has 0 aliphatic rings. The van der Waals surface area contributed by atoms with E-state index >= 15 is 0 Å². The second-order valence-electron chi connectivity index (χ2n) is 5.30. The molecule has 1 atom stereocenters. The second-order valence-corrected chi connectivity index (χ2v) is 5.30. The number of rotatable bonds is 7. The molecule has 124 valence electrons. The molecule has 6 heteroatoms. The van der Waals surface area contributed by atoms with Crippen LogP contribution in [0.15, 0.2) is 30.3 Å². The van der Waals surface area contributed by atoms with E-state index in [-0.39, 0.29) is 12.5 Å². The van der Waals surface area contributed by atoms with E-state index in [2.05, 4.69) is 5.32 Å². The van der Waals surface area contributed by atoms with Gasteiger partial charge < -0.3 is 15.8 Å². The number of ether oxygens (including phenoxy) is 1. The van der Waals surface area contributed by atoms with Crippen molar-refractivity contribution < 1.29 is 19.1 Å². The van der Waals surface area contributed by atoms with Crippen molar-refractivity contribution in [1.29, 1.82) is 0 Å². The third kappa shape index (κ3) is 5.94. The average molecular weight is 318 g/mol. The van der Waals surface area contributed by atoms with Gasteiger partial charge in [-0.15, -0.1) is 0 Å². The first kappa shape index (κ1) is 18.4. The van der Waals surface area contributed by atoms with Crippen LogP contribution >= 0.6 is 0 Å². The van der Waals surface area contributed by atoms with Gasteiger partial charge in [-0.1, -0.05) is 26.0 Å². The number of nitrogens with two attached hydrogens (primary N) is 1. The summed E-state index contributed by atoms with van der Waals surface area (Å²) in [5, 5.41) is 2.63. The van der Waals surface area contributed by atoms with E-state index in [0.29, 0.717) is 5.56 Å². The van der Waals surface area contributed by atoms with E-state index in [1.807, 2.05) is 13.8 Å². The van der Waals surface area contributed by atoms with Crippen LogP contribution in [-0.4, -0.2) is 30.4 Å². The molecular formula is C17H22N2O4. The molecule has 0 fully saturated rings. The van der Waals surface area contributed by atoms with Gasteiger partial charge in [-0.3, -0.25) is 9.59 Å². The monoisotopic (exact) mass is 318 g/mol. The Morgan fingerprint density at radius 1 is 1.22 bits per heavy atom. The van der Waals surface area contributed by atoms with Gasteiger partial charge in [-0.25, -0.2) is 4.79 Å². The summed E-state index contributed by atoms with van der Waals surface area (Å²) in [6, 6.07) is 5.82. The Morgan fingerprint density at radius 2 is 1.83 bits per heavy atom. The minimum Gasteiger partial charge on any atom is -0.464 e. The molecule has 1 rings (SSSR count). The summed E-state index contributed by atoms with van der Waals surface area (Å²) in [7, 11) is 0. The Hall–Kier alpha value is -2.63. The fourth-order valence-corrected chi connectivity index (χ4v) is 1.86. The molecule has 1 aromatic rings. The Morgan fingerprint density at radius 3 is 2.30 bits per heavy atom. The normalized spacial score (nSPS) is 12.2. The molecule has 3 N–H and O–H groups in total. The molecule has 23 heavy (non-hydrogen) atoms. The Kier molecular flexibility index (Phi) is 6.99. The molecule has 2 amide bonds. The van der Waals surface area contributed by atoms with Crippen LogP contribution in [0, 0.1) is 5.92 Å². The first-order chi connectivity index (χ1) is 10.8. The molecule has 0 bridgehead atoms. The Bertz CT molecular complexity index is 591. The second kappa shape index (κ2) is 8.73. The van der Waals surface area contributed by atoms with Crippen molar-refractivity contribution in [3.63, 3.8) is 0 Å². The van der Waals surface area contributed by atoms with Crippen molar-refractivity contribution in [2.24, 2.45) is 11.7 Å². The number of hydrogen-bond acceptors (Lipinski definition) is 4. The van der Waals surface area contributed by atoms with Crippen molar-refractivity contribution in [2.75, 3.05) is 6.61 Å². The SMILES string of the molecule is CCOC(=O)[C@@H](NC(=O)/C=C\c1ccc(C(N)=O)cc1)C(C)C. The first-order valence-electron chi connectivity index (χ1n) is 7.40. The maximum absolute atomic E-state index is 11.9. The number of carbonyl (C=O) groups excluding carboxylic acids is 3. The molecule has 0 aromatic heterocycles. The fraction of sp³-hybridized carbons (Fsp3) is 0.353. The van der Waals surface area contributed by atoms with E-state index in [1.54, 1.807) is 37.3 Å². The van der Waals surface area contributed by atoms with Gasteiger partial charge in [0.1, 0.15) is 6.04 Å². The molecule has 0 aliphatic heterocycles. The lowest BCUT2D eigenvalue weighted by Gasteiger charge is -2.19. The van der Waals surface area contributed by atoms with Gasteiger partial charge in [0.15, 0.2) is 0 Å². The van der Waals surface area contributed by atoms with Gasteiger partial charge in [-0.2, -0.15) is 0 Å². The third-order valence-electron chi connectivity index (χ3n) is 3.13. The summed E-state index contributed by atoms with van der Waals surface area (Å²) >= 11 is 0. The van der Waals surface area contributed by atoms with Gasteiger partial charge in [-0.05, 0) is 36.6 Å². The molecule has 0 spiro atoms. The molecule has 0 aliphatic carbocycles. The Balaban J connectivity index is 2.70. The molecule has 0 heterocycles. The molecule has 0 saturated carbocycles. The van der Waals surface area contributed by atoms with Gasteiger partial charge in [0.2, 0.25) is 11.8 Å². The number of hydrogen-bond donors (Lipinski definition) is 2. The van der Waals surface area contributed by atoms with E-state index < -0.39 is 23.8 Å². The maximum atomic E-state index is 11.9. The third-order valence-corrected chi connectivity index (χ3v) is 3.13. The van der Waals surface area contributed by atoms with Crippen LogP contribution in [0.5, 0.6) is 0 Å². The summed E-state index contributed by atoms with van der Waals surface area (Å²) in [5.41, 5.74) is 6.29. The highest BCUT2D eigenvalue weighted by atomic mass is 16.5. The van der Waals surface area contributed by atoms with Crippen molar-refractivity contribution in [1.82, 2.24) is 5.32 Å². The summed E-state index contributed by atoms with van der Waals surface area (Å²) in [5.74, 6) is -1.43. The van der Waals surface area contributed by atoms with Crippen molar-refractivity contribution in [3.05, 3.63) is 41.5 Å². The molecule has 0 radical (unpaired) electrons. The predicted octanol–water partition coefficient (Wildman–Crippen LogP) is 1.50. The number of nitrogens with one attached hydrogen (secondary N) is 1. The maximum Gasteiger partial charge on any atom is 0.328 e. The van der Waals surface area contributed by atoms with Gasteiger partial charge >= 0.3 is 5.97 Å². The van der Waals surface area contributed by atoms with Crippen LogP contribution in [0.1, 0.15) is 36.7 Å². The predicted molar refractivity (Wildman–Crippen MR) is 87.4 cm³/mol. The lowest BCUT2D eigenvalue weighted by atomic mass is 10.0. The first-order valence-corrected chi connectivity index (χ1v) is 7.40. The van der Waals surface area contributed by atoms with E-state index in [4.69, 9.17) is 10.5 Å². The molecule has 0 saturated heterocycles.